The van der Waals surface area contributed by atoms with Crippen molar-refractivity contribution in [1.82, 2.24) is 5.32 Å². The van der Waals surface area contributed by atoms with Crippen LogP contribution in [0.25, 0.3) is 0 Å². The molecule has 1 aliphatic carbocycles. The molecule has 0 radical (unpaired) electrons. The van der Waals surface area contributed by atoms with Gasteiger partial charge in [0.05, 0.1) is 81.8 Å². The lowest BCUT2D eigenvalue weighted by Gasteiger charge is -2.34. The third kappa shape index (κ3) is 15.1. The first kappa shape index (κ1) is 60.7. The molecular formula is C66H82N6O10S2. The van der Waals surface area contributed by atoms with Crippen molar-refractivity contribution in [3.8, 4) is 23.0 Å². The van der Waals surface area contributed by atoms with Crippen molar-refractivity contribution >= 4 is 74.0 Å². The molecule has 84 heavy (non-hydrogen) atoms. The van der Waals surface area contributed by atoms with Gasteiger partial charge in [0.25, 0.3) is 11.8 Å². The molecule has 4 heterocycles. The molecule has 5 aliphatic rings. The number of methoxy groups -OCH3 is 3. The monoisotopic (exact) mass is 1180 g/mol. The van der Waals surface area contributed by atoms with Crippen molar-refractivity contribution in [2.45, 2.75) is 127 Å². The van der Waals surface area contributed by atoms with Gasteiger partial charge in [0, 0.05) is 91.5 Å². The normalized spacial score (nSPS) is 17.4. The first-order chi connectivity index (χ1) is 41.0. The molecule has 16 nitrogen and oxygen atoms in total. The van der Waals surface area contributed by atoms with Crippen LogP contribution in [0, 0.1) is 0 Å². The van der Waals surface area contributed by atoms with Crippen LogP contribution in [0.5, 0.6) is 23.0 Å². The van der Waals surface area contributed by atoms with Gasteiger partial charge in [0.15, 0.2) is 23.0 Å². The van der Waals surface area contributed by atoms with Gasteiger partial charge in [-0.3, -0.25) is 24.3 Å². The standard InChI is InChI=1S/C66H82N6O10S2/c1-66(2,84-83-30-16-23-63(73)69-49-19-10-8-6-7-9-11-20-49)44-70(24-25-79-28-29-80-27-26-76-3)50-32-45(42-81-61-38-55-53(36-59(61)77-4)64(74)71-51(40-67-55)34-47-17-12-14-21-57(47)71)31-46(33-50)43-82-62-39-56-54(37-60(62)78-5)65(75)72-52(41-68-56)35-48-18-13-15-22-58(48)72/h12-15,17-18,21-22,31-33,36-40,49,51-52,68H,6-11,16,19-20,23-30,34-35,41-44H2,1-5H3,(H,69,73)/t51-,52-/m0/s1. The Kier molecular flexibility index (Phi) is 21.0. The fraction of sp³-hybridized carbons (Fsp3) is 0.485. The van der Waals surface area contributed by atoms with Crippen molar-refractivity contribution in [3.63, 3.8) is 0 Å². The van der Waals surface area contributed by atoms with Crippen LogP contribution in [-0.4, -0.2) is 127 Å². The number of amides is 3. The van der Waals surface area contributed by atoms with Crippen molar-refractivity contribution in [1.29, 1.82) is 0 Å². The third-order valence-electron chi connectivity index (χ3n) is 16.2. The summed E-state index contributed by atoms with van der Waals surface area (Å²) >= 11 is 0. The number of carbonyl (C=O) groups is 3. The average Bonchev–Trinajstić information content (AvgIpc) is 2.15. The molecule has 0 spiro atoms. The summed E-state index contributed by atoms with van der Waals surface area (Å²) in [5.74, 6) is 2.61. The van der Waals surface area contributed by atoms with Crippen molar-refractivity contribution < 1.29 is 47.5 Å². The van der Waals surface area contributed by atoms with E-state index in [9.17, 15) is 14.4 Å². The Morgan fingerprint density at radius 3 is 2.04 bits per heavy atom. The minimum atomic E-state index is -0.238. The van der Waals surface area contributed by atoms with Gasteiger partial charge in [-0.2, -0.15) is 0 Å². The molecule has 5 aromatic rings. The van der Waals surface area contributed by atoms with Crippen LogP contribution in [0.1, 0.15) is 121 Å². The number of aliphatic imine (C=N–C) groups is 1. The lowest BCUT2D eigenvalue weighted by atomic mass is 10.0. The fourth-order valence-corrected chi connectivity index (χ4v) is 14.6. The summed E-state index contributed by atoms with van der Waals surface area (Å²) < 4.78 is 42.2. The lowest BCUT2D eigenvalue weighted by molar-refractivity contribution is -0.121. The van der Waals surface area contributed by atoms with Gasteiger partial charge in [-0.05, 0) is 104 Å². The number of anilines is 4. The number of benzene rings is 5. The molecular weight excluding hydrogens is 1100 g/mol. The van der Waals surface area contributed by atoms with Crippen LogP contribution in [0.3, 0.4) is 0 Å². The number of carbonyl (C=O) groups excluding carboxylic acids is 3. The first-order valence-electron chi connectivity index (χ1n) is 29.9. The van der Waals surface area contributed by atoms with Gasteiger partial charge in [0.1, 0.15) is 13.2 Å². The Bertz CT molecular complexity index is 3110. The number of hydrogen-bond donors (Lipinski definition) is 2. The van der Waals surface area contributed by atoms with Gasteiger partial charge in [-0.25, -0.2) is 0 Å². The molecule has 1 saturated carbocycles. The van der Waals surface area contributed by atoms with E-state index in [0.29, 0.717) is 117 Å². The predicted octanol–water partition coefficient (Wildman–Crippen LogP) is 12.2. The highest BCUT2D eigenvalue weighted by Crippen LogP contribution is 2.44. The zero-order chi connectivity index (χ0) is 58.4. The zero-order valence-electron chi connectivity index (χ0n) is 49.4. The van der Waals surface area contributed by atoms with E-state index in [1.807, 2.05) is 80.1 Å². The molecule has 2 N–H and O–H groups in total. The van der Waals surface area contributed by atoms with E-state index >= 15 is 0 Å². The largest absolute Gasteiger partial charge is 0.493 e. The minimum absolute atomic E-state index is 0.0226. The first-order valence-corrected chi connectivity index (χ1v) is 32.2. The van der Waals surface area contributed by atoms with E-state index in [1.54, 1.807) is 39.5 Å². The van der Waals surface area contributed by atoms with E-state index in [-0.39, 0.29) is 47.8 Å². The highest BCUT2D eigenvalue weighted by Gasteiger charge is 2.39. The quantitative estimate of drug-likeness (QED) is 0.0377. The number of hydrogen-bond acceptors (Lipinski definition) is 15. The molecule has 1 fully saturated rings. The van der Waals surface area contributed by atoms with Gasteiger partial charge >= 0.3 is 0 Å². The molecule has 18 heteroatoms. The van der Waals surface area contributed by atoms with Gasteiger partial charge in [-0.15, -0.1) is 0 Å². The molecule has 0 bridgehead atoms. The van der Waals surface area contributed by atoms with Crippen molar-refractivity contribution in [2.75, 3.05) is 99.8 Å². The summed E-state index contributed by atoms with van der Waals surface area (Å²) in [6.45, 7) is 9.01. The zero-order valence-corrected chi connectivity index (χ0v) is 51.1. The molecule has 3 amide bonds. The number of nitrogens with zero attached hydrogens (tertiary/aromatic N) is 4. The van der Waals surface area contributed by atoms with Gasteiger partial charge in [-0.1, -0.05) is 96.5 Å². The molecule has 10 rings (SSSR count). The SMILES string of the molecule is COCCOCCOCCN(CC(C)(C)SSCCCC(=O)NC1CCCCCCCC1)c1cc(COc2cc3c(cc2OC)C(=O)N2c4ccccc4C[C@H]2C=N3)cc(COc2cc3c(cc2OC)C(=O)N2c4ccccc4C[C@H]2CN3)c1. The van der Waals surface area contributed by atoms with E-state index < -0.39 is 0 Å². The van der Waals surface area contributed by atoms with Gasteiger partial charge < -0.3 is 53.6 Å². The fourth-order valence-electron chi connectivity index (χ4n) is 12.0. The summed E-state index contributed by atoms with van der Waals surface area (Å²) in [7, 11) is 8.47. The molecule has 0 saturated heterocycles. The highest BCUT2D eigenvalue weighted by atomic mass is 33.1. The van der Waals surface area contributed by atoms with E-state index in [4.69, 9.17) is 38.2 Å². The molecule has 448 valence electrons. The summed E-state index contributed by atoms with van der Waals surface area (Å²) in [4.78, 5) is 52.7. The topological polar surface area (TPSA) is 162 Å². The van der Waals surface area contributed by atoms with Crippen LogP contribution in [0.4, 0.5) is 28.4 Å². The Morgan fingerprint density at radius 1 is 0.714 bits per heavy atom. The Labute approximate surface area is 503 Å². The average molecular weight is 1180 g/mol. The molecule has 4 aliphatic heterocycles. The van der Waals surface area contributed by atoms with Crippen molar-refractivity contribution in [3.05, 3.63) is 124 Å². The Balaban J connectivity index is 0.895. The summed E-state index contributed by atoms with van der Waals surface area (Å²) in [5.41, 5.74) is 8.96. The van der Waals surface area contributed by atoms with E-state index in [2.05, 4.69) is 59.7 Å². The second kappa shape index (κ2) is 29.1. The third-order valence-corrected chi connectivity index (χ3v) is 19.6. The molecule has 0 aromatic heterocycles. The second-order valence-electron chi connectivity index (χ2n) is 22.9. The molecule has 5 aromatic carbocycles. The van der Waals surface area contributed by atoms with Gasteiger partial charge in [0.2, 0.25) is 5.91 Å². The predicted molar refractivity (Wildman–Crippen MR) is 337 cm³/mol. The number of rotatable bonds is 27. The number of para-hydroxylation sites is 2. The van der Waals surface area contributed by atoms with E-state index in [0.717, 1.165) is 70.8 Å². The second-order valence-corrected chi connectivity index (χ2v) is 26.0. The smallest absolute Gasteiger partial charge is 0.261 e. The minimum Gasteiger partial charge on any atom is -0.493 e. The Morgan fingerprint density at radius 2 is 1.33 bits per heavy atom. The summed E-state index contributed by atoms with van der Waals surface area (Å²) in [6, 6.07) is 29.7. The van der Waals surface area contributed by atoms with Crippen molar-refractivity contribution in [2.24, 2.45) is 4.99 Å². The van der Waals surface area contributed by atoms with Crippen LogP contribution in [-0.2, 0) is 45.1 Å². The Hall–Kier alpha value is -6.44. The lowest BCUT2D eigenvalue weighted by Crippen LogP contribution is -2.39. The maximum Gasteiger partial charge on any atom is 0.261 e. The van der Waals surface area contributed by atoms with Crippen LogP contribution >= 0.6 is 21.6 Å². The maximum absolute atomic E-state index is 14.3. The molecule has 0 unspecified atom stereocenters. The van der Waals surface area contributed by atoms with Crippen LogP contribution in [0.15, 0.2) is 96.0 Å². The highest BCUT2D eigenvalue weighted by molar-refractivity contribution is 8.77. The molecule has 2 atom stereocenters. The van der Waals surface area contributed by atoms with E-state index in [1.165, 1.54) is 38.5 Å². The van der Waals surface area contributed by atoms with Crippen LogP contribution in [0.2, 0.25) is 0 Å². The number of ether oxygens (including phenoxy) is 7. The number of nitrogens with one attached hydrogen (secondary N) is 2. The summed E-state index contributed by atoms with van der Waals surface area (Å²) in [5, 5.41) is 6.93. The summed E-state index contributed by atoms with van der Waals surface area (Å²) in [6.07, 6.45) is 14.3. The maximum atomic E-state index is 14.3. The van der Waals surface area contributed by atoms with Crippen LogP contribution < -0.4 is 44.3 Å². The number of fused-ring (bicyclic) bond motifs is 8.